The van der Waals surface area contributed by atoms with E-state index in [2.05, 4.69) is 5.32 Å². The van der Waals surface area contributed by atoms with E-state index in [4.69, 9.17) is 16.3 Å². The van der Waals surface area contributed by atoms with Gasteiger partial charge in [0.25, 0.3) is 0 Å². The van der Waals surface area contributed by atoms with Crippen LogP contribution in [0.25, 0.3) is 0 Å². The number of ketones is 1. The number of ether oxygens (including phenoxy) is 1. The average molecular weight is 214 g/mol. The zero-order valence-electron chi connectivity index (χ0n) is 8.13. The molecule has 1 aromatic carbocycles. The van der Waals surface area contributed by atoms with Crippen LogP contribution in [-0.4, -0.2) is 26.5 Å². The van der Waals surface area contributed by atoms with Crippen LogP contribution in [0.2, 0.25) is 5.02 Å². The Bertz CT molecular complexity index is 339. The summed E-state index contributed by atoms with van der Waals surface area (Å²) in [6, 6.07) is 4.98. The third-order valence-electron chi connectivity index (χ3n) is 1.81. The minimum Gasteiger partial charge on any atom is -0.495 e. The van der Waals surface area contributed by atoms with Crippen LogP contribution < -0.4 is 10.1 Å². The Kier molecular flexibility index (Phi) is 3.92. The Labute approximate surface area is 88.0 Å². The van der Waals surface area contributed by atoms with Crippen LogP contribution in [0.5, 0.6) is 5.75 Å². The van der Waals surface area contributed by atoms with Gasteiger partial charge in [0.15, 0.2) is 5.78 Å². The maximum absolute atomic E-state index is 11.5. The molecule has 1 aromatic rings. The molecule has 0 aliphatic rings. The number of benzene rings is 1. The van der Waals surface area contributed by atoms with E-state index in [0.29, 0.717) is 22.9 Å². The number of likely N-dealkylation sites (N-methyl/N-ethyl adjacent to an activating group) is 1. The van der Waals surface area contributed by atoms with Gasteiger partial charge in [-0.1, -0.05) is 11.6 Å². The van der Waals surface area contributed by atoms with Crippen molar-refractivity contribution in [2.75, 3.05) is 20.7 Å². The summed E-state index contributed by atoms with van der Waals surface area (Å²) in [7, 11) is 3.25. The fraction of sp³-hybridized carbons (Fsp3) is 0.300. The summed E-state index contributed by atoms with van der Waals surface area (Å²) in [5.41, 5.74) is 0.598. The van der Waals surface area contributed by atoms with E-state index in [9.17, 15) is 4.79 Å². The van der Waals surface area contributed by atoms with Crippen molar-refractivity contribution >= 4 is 17.4 Å². The highest BCUT2D eigenvalue weighted by molar-refractivity contribution is 6.32. The zero-order chi connectivity index (χ0) is 10.6. The highest BCUT2D eigenvalue weighted by Gasteiger charge is 2.07. The predicted molar refractivity (Wildman–Crippen MR) is 56.3 cm³/mol. The van der Waals surface area contributed by atoms with E-state index >= 15 is 0 Å². The number of rotatable bonds is 4. The molecule has 0 unspecified atom stereocenters. The highest BCUT2D eigenvalue weighted by atomic mass is 35.5. The van der Waals surface area contributed by atoms with Crippen LogP contribution in [0, 0.1) is 0 Å². The molecule has 1 rings (SSSR count). The molecule has 0 saturated carbocycles. The summed E-state index contributed by atoms with van der Waals surface area (Å²) < 4.78 is 5.01. The second-order valence-corrected chi connectivity index (χ2v) is 3.21. The maximum Gasteiger partial charge on any atom is 0.176 e. The molecule has 1 N–H and O–H groups in total. The van der Waals surface area contributed by atoms with Gasteiger partial charge in [-0.25, -0.2) is 0 Å². The third-order valence-corrected chi connectivity index (χ3v) is 2.12. The van der Waals surface area contributed by atoms with Crippen LogP contribution in [0.4, 0.5) is 0 Å². The van der Waals surface area contributed by atoms with Crippen molar-refractivity contribution in [3.8, 4) is 5.75 Å². The molecule has 3 nitrogen and oxygen atoms in total. The number of carbonyl (C=O) groups excluding carboxylic acids is 1. The second-order valence-electron chi connectivity index (χ2n) is 2.80. The predicted octanol–water partition coefficient (Wildman–Crippen LogP) is 1.75. The molecule has 14 heavy (non-hydrogen) atoms. The van der Waals surface area contributed by atoms with Crippen LogP contribution in [0.3, 0.4) is 0 Å². The van der Waals surface area contributed by atoms with Gasteiger partial charge in [-0.05, 0) is 25.2 Å². The van der Waals surface area contributed by atoms with Crippen molar-refractivity contribution in [3.05, 3.63) is 28.8 Å². The number of hydrogen-bond acceptors (Lipinski definition) is 3. The van der Waals surface area contributed by atoms with Crippen LogP contribution >= 0.6 is 11.6 Å². The van der Waals surface area contributed by atoms with E-state index in [1.165, 1.54) is 7.11 Å². The van der Waals surface area contributed by atoms with Crippen molar-refractivity contribution in [2.45, 2.75) is 0 Å². The smallest absolute Gasteiger partial charge is 0.176 e. The molecule has 4 heteroatoms. The zero-order valence-corrected chi connectivity index (χ0v) is 8.89. The lowest BCUT2D eigenvalue weighted by Crippen LogP contribution is -2.18. The molecular weight excluding hydrogens is 202 g/mol. The number of carbonyl (C=O) groups is 1. The molecule has 0 aromatic heterocycles. The number of methoxy groups -OCH3 is 1. The van der Waals surface area contributed by atoms with Gasteiger partial charge >= 0.3 is 0 Å². The van der Waals surface area contributed by atoms with Gasteiger partial charge in [-0.2, -0.15) is 0 Å². The molecule has 0 saturated heterocycles. The van der Waals surface area contributed by atoms with E-state index in [1.807, 2.05) is 0 Å². The maximum atomic E-state index is 11.5. The number of hydrogen-bond donors (Lipinski definition) is 1. The van der Waals surface area contributed by atoms with Crippen molar-refractivity contribution in [3.63, 3.8) is 0 Å². The molecule has 0 radical (unpaired) electrons. The Morgan fingerprint density at radius 1 is 1.57 bits per heavy atom. The lowest BCUT2D eigenvalue weighted by Gasteiger charge is -2.05. The van der Waals surface area contributed by atoms with Gasteiger partial charge in [0.1, 0.15) is 5.75 Å². The fourth-order valence-corrected chi connectivity index (χ4v) is 1.29. The number of Topliss-reactive ketones (excluding diaryl/α,β-unsaturated/α-hetero) is 1. The summed E-state index contributed by atoms with van der Waals surface area (Å²) in [6.07, 6.45) is 0. The Balaban J connectivity index is 2.94. The summed E-state index contributed by atoms with van der Waals surface area (Å²) in [5, 5.41) is 3.30. The van der Waals surface area contributed by atoms with Gasteiger partial charge in [-0.15, -0.1) is 0 Å². The largest absolute Gasteiger partial charge is 0.495 e. The molecule has 0 bridgehead atoms. The molecule has 0 heterocycles. The van der Waals surface area contributed by atoms with Gasteiger partial charge in [0.2, 0.25) is 0 Å². The Morgan fingerprint density at radius 3 is 2.86 bits per heavy atom. The molecule has 76 valence electrons. The molecule has 0 amide bonds. The van der Waals surface area contributed by atoms with Gasteiger partial charge < -0.3 is 10.1 Å². The molecule has 0 aliphatic carbocycles. The van der Waals surface area contributed by atoms with Gasteiger partial charge in [-0.3, -0.25) is 4.79 Å². The number of halogens is 1. The number of nitrogens with one attached hydrogen (secondary N) is 1. The summed E-state index contributed by atoms with van der Waals surface area (Å²) in [4.78, 5) is 11.5. The van der Waals surface area contributed by atoms with Gasteiger partial charge in [0.05, 0.1) is 18.7 Å². The minimum atomic E-state index is 0.0162. The second kappa shape index (κ2) is 4.98. The monoisotopic (exact) mass is 213 g/mol. The first-order chi connectivity index (χ1) is 6.69. The average Bonchev–Trinajstić information content (AvgIpc) is 2.19. The third kappa shape index (κ3) is 2.47. The van der Waals surface area contributed by atoms with Gasteiger partial charge in [0, 0.05) is 5.56 Å². The van der Waals surface area contributed by atoms with E-state index in [1.54, 1.807) is 25.2 Å². The van der Waals surface area contributed by atoms with Crippen molar-refractivity contribution in [2.24, 2.45) is 0 Å². The van der Waals surface area contributed by atoms with Crippen molar-refractivity contribution in [1.29, 1.82) is 0 Å². The van der Waals surface area contributed by atoms with Crippen LogP contribution in [0.1, 0.15) is 10.4 Å². The van der Waals surface area contributed by atoms with Crippen LogP contribution in [0.15, 0.2) is 18.2 Å². The first-order valence-electron chi connectivity index (χ1n) is 4.20. The quantitative estimate of drug-likeness (QED) is 0.775. The molecule has 0 fully saturated rings. The lowest BCUT2D eigenvalue weighted by molar-refractivity contribution is 0.0993. The lowest BCUT2D eigenvalue weighted by atomic mass is 10.1. The fourth-order valence-electron chi connectivity index (χ4n) is 1.10. The van der Waals surface area contributed by atoms with Crippen LogP contribution in [-0.2, 0) is 0 Å². The summed E-state index contributed by atoms with van der Waals surface area (Å²) >= 11 is 5.83. The molecule has 0 aliphatic heterocycles. The first kappa shape index (κ1) is 11.0. The summed E-state index contributed by atoms with van der Waals surface area (Å²) in [6.45, 7) is 0.310. The first-order valence-corrected chi connectivity index (χ1v) is 4.58. The molecule has 0 atom stereocenters. The highest BCUT2D eigenvalue weighted by Crippen LogP contribution is 2.24. The normalized spacial score (nSPS) is 9.93. The Morgan fingerprint density at radius 2 is 2.29 bits per heavy atom. The SMILES string of the molecule is CNCC(=O)c1ccc(Cl)c(OC)c1. The minimum absolute atomic E-state index is 0.0162. The van der Waals surface area contributed by atoms with Crippen molar-refractivity contribution in [1.82, 2.24) is 5.32 Å². The summed E-state index contributed by atoms with van der Waals surface area (Å²) in [5.74, 6) is 0.538. The standard InChI is InChI=1S/C10H12ClNO2/c1-12-6-9(13)7-3-4-8(11)10(5-7)14-2/h3-5,12H,6H2,1-2H3. The molecule has 0 spiro atoms. The Hall–Kier alpha value is -1.06. The topological polar surface area (TPSA) is 38.3 Å². The molecular formula is C10H12ClNO2. The van der Waals surface area contributed by atoms with E-state index in [-0.39, 0.29) is 5.78 Å². The van der Waals surface area contributed by atoms with Crippen molar-refractivity contribution < 1.29 is 9.53 Å². The van der Waals surface area contributed by atoms with E-state index < -0.39 is 0 Å². The van der Waals surface area contributed by atoms with E-state index in [0.717, 1.165) is 0 Å².